The molecule has 0 radical (unpaired) electrons. The van der Waals surface area contributed by atoms with Crippen LogP contribution in [0.25, 0.3) is 0 Å². The van der Waals surface area contributed by atoms with Crippen molar-refractivity contribution in [2.45, 2.75) is 139 Å². The van der Waals surface area contributed by atoms with E-state index in [9.17, 15) is 13.2 Å². The Morgan fingerprint density at radius 3 is 1.94 bits per heavy atom. The van der Waals surface area contributed by atoms with E-state index in [4.69, 9.17) is 0 Å². The van der Waals surface area contributed by atoms with Crippen molar-refractivity contribution in [2.75, 3.05) is 0 Å². The number of hydrogen-bond donors (Lipinski definition) is 0. The molecule has 4 rings (SSSR count). The minimum atomic E-state index is -4.00. The molecule has 0 amide bonds. The Hall–Kier alpha value is -0.650. The van der Waals surface area contributed by atoms with Crippen molar-refractivity contribution < 1.29 is 13.2 Å². The van der Waals surface area contributed by atoms with Gasteiger partial charge in [0.1, 0.15) is 0 Å². The molecule has 0 saturated heterocycles. The maximum absolute atomic E-state index is 13.3. The average molecular weight is 485 g/mol. The van der Waals surface area contributed by atoms with Crippen LogP contribution >= 0.6 is 0 Å². The van der Waals surface area contributed by atoms with Crippen LogP contribution in [0, 0.1) is 58.2 Å². The molecular weight excluding hydrogens is 429 g/mol. The second-order valence-electron chi connectivity index (χ2n) is 11.0. The molecule has 4 saturated carbocycles. The van der Waals surface area contributed by atoms with Crippen molar-refractivity contribution in [3.8, 4) is 11.8 Å². The highest BCUT2D eigenvalue weighted by atomic mass is 19.4. The van der Waals surface area contributed by atoms with Crippen LogP contribution in [0.1, 0.15) is 133 Å². The third kappa shape index (κ3) is 6.18. The fraction of sp³-hybridized carbons (Fsp3) is 0.935. The molecular formula is C31H55F3. The lowest BCUT2D eigenvalue weighted by Gasteiger charge is -2.61. The van der Waals surface area contributed by atoms with Crippen LogP contribution in [0.15, 0.2) is 0 Å². The van der Waals surface area contributed by atoms with E-state index in [1.54, 1.807) is 0 Å². The highest BCUT2D eigenvalue weighted by Gasteiger charge is 2.61. The molecule has 0 aliphatic heterocycles. The first-order chi connectivity index (χ1) is 16.2. The fourth-order valence-corrected chi connectivity index (χ4v) is 8.51. The molecule has 0 bridgehead atoms. The molecule has 0 aromatic carbocycles. The molecule has 4 fully saturated rings. The summed E-state index contributed by atoms with van der Waals surface area (Å²) in [4.78, 5) is 0. The minimum Gasteiger partial charge on any atom is -0.171 e. The van der Waals surface area contributed by atoms with Crippen molar-refractivity contribution >= 4 is 0 Å². The second kappa shape index (κ2) is 13.6. The van der Waals surface area contributed by atoms with Gasteiger partial charge in [-0.15, -0.1) is 11.8 Å². The van der Waals surface area contributed by atoms with Gasteiger partial charge in [0.25, 0.3) is 0 Å². The monoisotopic (exact) mass is 484 g/mol. The zero-order valence-corrected chi connectivity index (χ0v) is 23.9. The summed E-state index contributed by atoms with van der Waals surface area (Å²) in [5.41, 5.74) is 0.598. The van der Waals surface area contributed by atoms with Gasteiger partial charge in [0.2, 0.25) is 0 Å². The third-order valence-electron chi connectivity index (χ3n) is 10.1. The number of fused-ring (bicyclic) bond motifs is 5. The van der Waals surface area contributed by atoms with Gasteiger partial charge >= 0.3 is 6.18 Å². The van der Waals surface area contributed by atoms with Crippen LogP contribution in [0.3, 0.4) is 0 Å². The van der Waals surface area contributed by atoms with E-state index in [-0.39, 0.29) is 11.3 Å². The van der Waals surface area contributed by atoms with Gasteiger partial charge in [-0.2, -0.15) is 13.2 Å². The van der Waals surface area contributed by atoms with Gasteiger partial charge in [0.15, 0.2) is 0 Å². The van der Waals surface area contributed by atoms with E-state index in [0.717, 1.165) is 37.0 Å². The third-order valence-corrected chi connectivity index (χ3v) is 10.1. The van der Waals surface area contributed by atoms with Crippen molar-refractivity contribution in [3.05, 3.63) is 0 Å². The molecule has 3 heteroatoms. The molecule has 8 atom stereocenters. The maximum atomic E-state index is 13.3. The second-order valence-corrected chi connectivity index (χ2v) is 11.0. The number of halogens is 3. The molecule has 0 N–H and O–H groups in total. The standard InChI is InChI=1S/C25H37F3.3C2H6/c1-4-5-6-7-17-9-11-21-20-10-8-18-16-19(25(26,27)28)12-14-24(18,3)22(20)13-15-23(17,21)2;3*1-2/h17-22H,6-16H2,1-3H3;3*1-2H3. The van der Waals surface area contributed by atoms with Gasteiger partial charge < -0.3 is 0 Å². The molecule has 0 aromatic rings. The first kappa shape index (κ1) is 31.4. The maximum Gasteiger partial charge on any atom is 0.391 e. The summed E-state index contributed by atoms with van der Waals surface area (Å²) >= 11 is 0. The predicted octanol–water partition coefficient (Wildman–Crippen LogP) is 10.7. The minimum absolute atomic E-state index is 0.151. The summed E-state index contributed by atoms with van der Waals surface area (Å²) in [5, 5.41) is 0. The van der Waals surface area contributed by atoms with Gasteiger partial charge in [-0.1, -0.05) is 55.4 Å². The lowest BCUT2D eigenvalue weighted by Crippen LogP contribution is -2.54. The summed E-state index contributed by atoms with van der Waals surface area (Å²) in [7, 11) is 0. The first-order valence-corrected chi connectivity index (χ1v) is 14.7. The summed E-state index contributed by atoms with van der Waals surface area (Å²) in [6, 6.07) is 0. The zero-order valence-electron chi connectivity index (χ0n) is 23.9. The summed E-state index contributed by atoms with van der Waals surface area (Å²) < 4.78 is 40.0. The molecule has 0 spiro atoms. The number of rotatable bonds is 2. The van der Waals surface area contributed by atoms with E-state index < -0.39 is 12.1 Å². The summed E-state index contributed by atoms with van der Waals surface area (Å²) in [5.74, 6) is 8.55. The number of hydrogen-bond acceptors (Lipinski definition) is 0. The van der Waals surface area contributed by atoms with Gasteiger partial charge in [0.05, 0.1) is 5.92 Å². The van der Waals surface area contributed by atoms with Crippen LogP contribution in [0.2, 0.25) is 0 Å². The smallest absolute Gasteiger partial charge is 0.171 e. The fourth-order valence-electron chi connectivity index (χ4n) is 8.51. The zero-order chi connectivity index (χ0) is 26.2. The molecule has 4 aliphatic carbocycles. The van der Waals surface area contributed by atoms with E-state index in [1.165, 1.54) is 38.5 Å². The molecule has 8 unspecified atom stereocenters. The Labute approximate surface area is 210 Å². The molecule has 0 nitrogen and oxygen atoms in total. The van der Waals surface area contributed by atoms with Crippen molar-refractivity contribution in [1.29, 1.82) is 0 Å². The molecule has 4 aliphatic rings. The van der Waals surface area contributed by atoms with Crippen LogP contribution in [0.5, 0.6) is 0 Å². The topological polar surface area (TPSA) is 0 Å². The lowest BCUT2D eigenvalue weighted by molar-refractivity contribution is -0.208. The van der Waals surface area contributed by atoms with E-state index in [2.05, 4.69) is 25.7 Å². The Kier molecular flexibility index (Phi) is 12.6. The SMILES string of the molecule is CC.CC.CC.CC#CCCC1CCC2C3CCC4CC(C(F)(F)F)CCC4(C)C3CCC12C. The largest absolute Gasteiger partial charge is 0.391 e. The normalized spacial score (nSPS) is 40.1. The van der Waals surface area contributed by atoms with Crippen LogP contribution in [-0.2, 0) is 0 Å². The van der Waals surface area contributed by atoms with Gasteiger partial charge in [-0.3, -0.25) is 0 Å². The van der Waals surface area contributed by atoms with Crippen LogP contribution in [0.4, 0.5) is 13.2 Å². The lowest BCUT2D eigenvalue weighted by atomic mass is 9.44. The summed E-state index contributed by atoms with van der Waals surface area (Å²) in [6.45, 7) is 18.8. The highest BCUT2D eigenvalue weighted by Crippen LogP contribution is 2.68. The van der Waals surface area contributed by atoms with Crippen molar-refractivity contribution in [3.63, 3.8) is 0 Å². The first-order valence-electron chi connectivity index (χ1n) is 14.7. The average Bonchev–Trinajstić information content (AvgIpc) is 3.18. The Bertz CT molecular complexity index is 641. The van der Waals surface area contributed by atoms with Crippen LogP contribution < -0.4 is 0 Å². The molecule has 200 valence electrons. The van der Waals surface area contributed by atoms with Gasteiger partial charge in [-0.25, -0.2) is 0 Å². The predicted molar refractivity (Wildman–Crippen MR) is 141 cm³/mol. The van der Waals surface area contributed by atoms with E-state index in [0.29, 0.717) is 24.2 Å². The van der Waals surface area contributed by atoms with Crippen molar-refractivity contribution in [2.24, 2.45) is 46.3 Å². The van der Waals surface area contributed by atoms with Gasteiger partial charge in [-0.05, 0) is 112 Å². The Morgan fingerprint density at radius 1 is 0.765 bits per heavy atom. The van der Waals surface area contributed by atoms with Crippen LogP contribution in [-0.4, -0.2) is 6.18 Å². The van der Waals surface area contributed by atoms with Crippen molar-refractivity contribution in [1.82, 2.24) is 0 Å². The molecule has 34 heavy (non-hydrogen) atoms. The summed E-state index contributed by atoms with van der Waals surface area (Å²) in [6.07, 6.45) is 7.23. The molecule has 0 aromatic heterocycles. The molecule has 0 heterocycles. The van der Waals surface area contributed by atoms with Gasteiger partial charge in [0, 0.05) is 6.42 Å². The van der Waals surface area contributed by atoms with E-state index in [1.807, 2.05) is 48.5 Å². The quantitative estimate of drug-likeness (QED) is 0.342. The number of alkyl halides is 3. The Balaban J connectivity index is 0.000000894. The van der Waals surface area contributed by atoms with E-state index >= 15 is 0 Å². The highest BCUT2D eigenvalue weighted by molar-refractivity contribution is 5.10. The Morgan fingerprint density at radius 2 is 1.35 bits per heavy atom.